The summed E-state index contributed by atoms with van der Waals surface area (Å²) in [4.78, 5) is 11.1. The van der Waals surface area contributed by atoms with Gasteiger partial charge in [0.05, 0.1) is 0 Å². The monoisotopic (exact) mass is 247 g/mol. The number of hydrogen-bond donors (Lipinski definition) is 1. The summed E-state index contributed by atoms with van der Waals surface area (Å²) in [5, 5.41) is 9.09. The minimum absolute atomic E-state index is 0.219. The Morgan fingerprint density at radius 3 is 2.67 bits per heavy atom. The first-order valence-electron chi connectivity index (χ1n) is 5.74. The molecule has 0 radical (unpaired) electrons. The van der Waals surface area contributed by atoms with E-state index in [1.807, 2.05) is 13.8 Å². The zero-order chi connectivity index (χ0) is 13.3. The normalized spacial score (nSPS) is 10.6. The molecule has 0 saturated heterocycles. The SMILES string of the molecule is CCn1c(C(=O)O)ccc1-c1cc(F)ccc1C. The number of carboxylic acids is 1. The van der Waals surface area contributed by atoms with Gasteiger partial charge < -0.3 is 9.67 Å². The van der Waals surface area contributed by atoms with E-state index in [9.17, 15) is 9.18 Å². The van der Waals surface area contributed by atoms with Crippen molar-refractivity contribution in [3.05, 3.63) is 47.4 Å². The van der Waals surface area contributed by atoms with Crippen LogP contribution in [0.3, 0.4) is 0 Å². The summed E-state index contributed by atoms with van der Waals surface area (Å²) < 4.78 is 15.0. The van der Waals surface area contributed by atoms with Crippen molar-refractivity contribution in [3.63, 3.8) is 0 Å². The average Bonchev–Trinajstić information content (AvgIpc) is 2.75. The number of benzene rings is 1. The van der Waals surface area contributed by atoms with Crippen molar-refractivity contribution in [3.8, 4) is 11.3 Å². The zero-order valence-electron chi connectivity index (χ0n) is 10.3. The van der Waals surface area contributed by atoms with Gasteiger partial charge in [-0.3, -0.25) is 0 Å². The number of carbonyl (C=O) groups is 1. The molecule has 2 rings (SSSR count). The van der Waals surface area contributed by atoms with Crippen molar-refractivity contribution >= 4 is 5.97 Å². The first-order valence-corrected chi connectivity index (χ1v) is 5.74. The lowest BCUT2D eigenvalue weighted by Crippen LogP contribution is -2.08. The number of aryl methyl sites for hydroxylation is 1. The van der Waals surface area contributed by atoms with Gasteiger partial charge in [0, 0.05) is 17.8 Å². The molecule has 4 heteroatoms. The molecule has 1 aromatic carbocycles. The van der Waals surface area contributed by atoms with Crippen molar-refractivity contribution in [2.75, 3.05) is 0 Å². The standard InChI is InChI=1S/C14H14FNO2/c1-3-16-12(6-7-13(16)14(17)18)11-8-10(15)5-4-9(11)2/h4-8H,3H2,1-2H3,(H,17,18). The summed E-state index contributed by atoms with van der Waals surface area (Å²) in [7, 11) is 0. The van der Waals surface area contributed by atoms with Crippen molar-refractivity contribution in [2.24, 2.45) is 0 Å². The highest BCUT2D eigenvalue weighted by molar-refractivity contribution is 5.87. The lowest BCUT2D eigenvalue weighted by Gasteiger charge is -2.11. The molecule has 0 aliphatic rings. The van der Waals surface area contributed by atoms with Crippen LogP contribution in [0.2, 0.25) is 0 Å². The fourth-order valence-electron chi connectivity index (χ4n) is 2.10. The molecule has 0 fully saturated rings. The minimum Gasteiger partial charge on any atom is -0.477 e. The van der Waals surface area contributed by atoms with Crippen LogP contribution in [0.25, 0.3) is 11.3 Å². The van der Waals surface area contributed by atoms with Crippen LogP contribution in [0, 0.1) is 12.7 Å². The summed E-state index contributed by atoms with van der Waals surface area (Å²) in [5.74, 6) is -1.30. The van der Waals surface area contributed by atoms with Gasteiger partial charge in [-0.15, -0.1) is 0 Å². The molecule has 0 saturated carbocycles. The van der Waals surface area contributed by atoms with Gasteiger partial charge in [-0.1, -0.05) is 6.07 Å². The van der Waals surface area contributed by atoms with Crippen LogP contribution in [0.4, 0.5) is 4.39 Å². The number of aromatic carboxylic acids is 1. The summed E-state index contributed by atoms with van der Waals surface area (Å²) >= 11 is 0. The van der Waals surface area contributed by atoms with Crippen LogP contribution >= 0.6 is 0 Å². The van der Waals surface area contributed by atoms with E-state index in [1.165, 1.54) is 12.1 Å². The van der Waals surface area contributed by atoms with Gasteiger partial charge in [-0.2, -0.15) is 0 Å². The number of hydrogen-bond acceptors (Lipinski definition) is 1. The zero-order valence-corrected chi connectivity index (χ0v) is 10.3. The third kappa shape index (κ3) is 2.01. The third-order valence-electron chi connectivity index (χ3n) is 2.99. The van der Waals surface area contributed by atoms with E-state index in [2.05, 4.69) is 0 Å². The molecule has 18 heavy (non-hydrogen) atoms. The third-order valence-corrected chi connectivity index (χ3v) is 2.99. The van der Waals surface area contributed by atoms with Gasteiger partial charge in [-0.05, 0) is 43.7 Å². The molecule has 2 aromatic rings. The molecule has 94 valence electrons. The van der Waals surface area contributed by atoms with Crippen LogP contribution < -0.4 is 0 Å². The van der Waals surface area contributed by atoms with Crippen molar-refractivity contribution in [2.45, 2.75) is 20.4 Å². The summed E-state index contributed by atoms with van der Waals surface area (Å²) in [6, 6.07) is 7.79. The van der Waals surface area contributed by atoms with Gasteiger partial charge >= 0.3 is 5.97 Å². The molecular weight excluding hydrogens is 233 g/mol. The molecule has 0 amide bonds. The molecule has 1 aromatic heterocycles. The molecule has 3 nitrogen and oxygen atoms in total. The second-order valence-corrected chi connectivity index (χ2v) is 4.11. The molecule has 0 aliphatic heterocycles. The van der Waals surface area contributed by atoms with Crippen LogP contribution in [0.15, 0.2) is 30.3 Å². The number of nitrogens with zero attached hydrogens (tertiary/aromatic N) is 1. The quantitative estimate of drug-likeness (QED) is 0.904. The predicted molar refractivity (Wildman–Crippen MR) is 67.2 cm³/mol. The molecule has 0 bridgehead atoms. The highest BCUT2D eigenvalue weighted by atomic mass is 19.1. The molecule has 0 atom stereocenters. The molecule has 0 aliphatic carbocycles. The Kier molecular flexibility index (Phi) is 3.19. The second kappa shape index (κ2) is 4.64. The van der Waals surface area contributed by atoms with Gasteiger partial charge in [-0.25, -0.2) is 9.18 Å². The fourth-order valence-corrected chi connectivity index (χ4v) is 2.10. The number of carboxylic acid groups (broad SMARTS) is 1. The maximum Gasteiger partial charge on any atom is 0.352 e. The van der Waals surface area contributed by atoms with Crippen LogP contribution in [0.1, 0.15) is 23.0 Å². The Hall–Kier alpha value is -2.10. The van der Waals surface area contributed by atoms with Crippen molar-refractivity contribution < 1.29 is 14.3 Å². The Morgan fingerprint density at radius 1 is 1.33 bits per heavy atom. The van der Waals surface area contributed by atoms with Crippen LogP contribution in [0.5, 0.6) is 0 Å². The predicted octanol–water partition coefficient (Wildman–Crippen LogP) is 3.32. The largest absolute Gasteiger partial charge is 0.477 e. The number of halogens is 1. The van der Waals surface area contributed by atoms with Gasteiger partial charge in [0.15, 0.2) is 0 Å². The van der Waals surface area contributed by atoms with Crippen molar-refractivity contribution in [1.29, 1.82) is 0 Å². The Labute approximate surface area is 104 Å². The highest BCUT2D eigenvalue weighted by Crippen LogP contribution is 2.26. The van der Waals surface area contributed by atoms with Gasteiger partial charge in [0.25, 0.3) is 0 Å². The highest BCUT2D eigenvalue weighted by Gasteiger charge is 2.15. The summed E-state index contributed by atoms with van der Waals surface area (Å²) in [6.45, 7) is 4.27. The smallest absolute Gasteiger partial charge is 0.352 e. The lowest BCUT2D eigenvalue weighted by atomic mass is 10.1. The van der Waals surface area contributed by atoms with E-state index in [4.69, 9.17) is 5.11 Å². The van der Waals surface area contributed by atoms with Gasteiger partial charge in [0.1, 0.15) is 11.5 Å². The number of rotatable bonds is 3. The summed E-state index contributed by atoms with van der Waals surface area (Å²) in [6.07, 6.45) is 0. The van der Waals surface area contributed by atoms with E-state index in [0.717, 1.165) is 16.8 Å². The fraction of sp³-hybridized carbons (Fsp3) is 0.214. The second-order valence-electron chi connectivity index (χ2n) is 4.11. The Morgan fingerprint density at radius 2 is 2.06 bits per heavy atom. The minimum atomic E-state index is -0.975. The van der Waals surface area contributed by atoms with E-state index in [0.29, 0.717) is 6.54 Å². The Bertz CT molecular complexity index is 602. The van der Waals surface area contributed by atoms with Crippen LogP contribution in [-0.4, -0.2) is 15.6 Å². The first-order chi connectivity index (χ1) is 8.54. The summed E-state index contributed by atoms with van der Waals surface area (Å²) in [5.41, 5.74) is 2.59. The lowest BCUT2D eigenvalue weighted by molar-refractivity contribution is 0.0685. The molecule has 1 heterocycles. The molecule has 1 N–H and O–H groups in total. The van der Waals surface area contributed by atoms with E-state index < -0.39 is 5.97 Å². The van der Waals surface area contributed by atoms with Gasteiger partial charge in [0.2, 0.25) is 0 Å². The van der Waals surface area contributed by atoms with E-state index in [1.54, 1.807) is 22.8 Å². The van der Waals surface area contributed by atoms with Crippen molar-refractivity contribution in [1.82, 2.24) is 4.57 Å². The molecule has 0 spiro atoms. The molecule has 0 unspecified atom stereocenters. The number of aromatic nitrogens is 1. The van der Waals surface area contributed by atoms with Crippen LogP contribution in [-0.2, 0) is 6.54 Å². The topological polar surface area (TPSA) is 42.2 Å². The average molecular weight is 247 g/mol. The maximum absolute atomic E-state index is 13.3. The first kappa shape index (κ1) is 12.4. The molecular formula is C14H14FNO2. The Balaban J connectivity index is 2.64. The van der Waals surface area contributed by atoms with E-state index >= 15 is 0 Å². The van der Waals surface area contributed by atoms with E-state index in [-0.39, 0.29) is 11.5 Å². The maximum atomic E-state index is 13.3.